The van der Waals surface area contributed by atoms with Crippen LogP contribution in [0.3, 0.4) is 0 Å². The highest BCUT2D eigenvalue weighted by atomic mass is 16.6. The summed E-state index contributed by atoms with van der Waals surface area (Å²) in [6.45, 7) is 0. The second-order valence-corrected chi connectivity index (χ2v) is 2.89. The third-order valence-corrected chi connectivity index (χ3v) is 1.91. The molecule has 8 nitrogen and oxygen atoms in total. The van der Waals surface area contributed by atoms with Gasteiger partial charge in [-0.1, -0.05) is 10.3 Å². The first kappa shape index (κ1) is 9.90. The summed E-state index contributed by atoms with van der Waals surface area (Å²) in [5.41, 5.74) is 0.142. The van der Waals surface area contributed by atoms with Gasteiger partial charge in [-0.3, -0.25) is 19.7 Å². The van der Waals surface area contributed by atoms with Crippen LogP contribution in [0.5, 0.6) is 0 Å². The first-order chi connectivity index (χ1) is 7.59. The van der Waals surface area contributed by atoms with Crippen molar-refractivity contribution in [2.45, 2.75) is 0 Å². The van der Waals surface area contributed by atoms with E-state index in [2.05, 4.69) is 10.3 Å². The average Bonchev–Trinajstić information content (AvgIpc) is 2.60. The molecule has 0 saturated heterocycles. The fraction of sp³-hybridized carbons (Fsp3) is 0. The minimum Gasteiger partial charge on any atom is -0.261 e. The smallest absolute Gasteiger partial charge is 0.261 e. The van der Waals surface area contributed by atoms with E-state index in [1.54, 1.807) is 0 Å². The van der Waals surface area contributed by atoms with Crippen molar-refractivity contribution in [1.29, 1.82) is 0 Å². The Balaban J connectivity index is 2.29. The van der Waals surface area contributed by atoms with E-state index in [9.17, 15) is 19.7 Å². The van der Waals surface area contributed by atoms with Crippen LogP contribution < -0.4 is 5.01 Å². The lowest BCUT2D eigenvalue weighted by atomic mass is 10.3. The second kappa shape index (κ2) is 3.50. The molecule has 0 fully saturated rings. The van der Waals surface area contributed by atoms with E-state index in [-0.39, 0.29) is 11.4 Å². The molecule has 8 heteroatoms. The summed E-state index contributed by atoms with van der Waals surface area (Å²) in [5, 5.41) is 17.6. The van der Waals surface area contributed by atoms with Gasteiger partial charge in [0.15, 0.2) is 0 Å². The molecule has 0 unspecified atom stereocenters. The number of carbonyl (C=O) groups is 2. The van der Waals surface area contributed by atoms with Crippen molar-refractivity contribution >= 4 is 23.2 Å². The molecule has 2 amide bonds. The van der Waals surface area contributed by atoms with E-state index in [1.165, 1.54) is 24.3 Å². The van der Waals surface area contributed by atoms with Crippen molar-refractivity contribution in [2.24, 2.45) is 10.3 Å². The van der Waals surface area contributed by atoms with Crippen LogP contribution in [-0.4, -0.2) is 16.7 Å². The third-order valence-electron chi connectivity index (χ3n) is 1.91. The van der Waals surface area contributed by atoms with Crippen LogP contribution in [0.2, 0.25) is 0 Å². The largest absolute Gasteiger partial charge is 0.357 e. The Bertz CT molecular complexity index is 507. The molecular formula is C8H4N4O4. The number of nitro benzene ring substituents is 1. The van der Waals surface area contributed by atoms with Gasteiger partial charge in [0.05, 0.1) is 10.6 Å². The molecule has 1 aromatic rings. The van der Waals surface area contributed by atoms with Gasteiger partial charge in [0.1, 0.15) is 0 Å². The molecule has 0 bridgehead atoms. The number of nitrogens with zero attached hydrogens (tertiary/aromatic N) is 4. The van der Waals surface area contributed by atoms with Crippen LogP contribution in [0.1, 0.15) is 0 Å². The molecule has 80 valence electrons. The topological polar surface area (TPSA) is 105 Å². The maximum absolute atomic E-state index is 11.2. The zero-order valence-electron chi connectivity index (χ0n) is 7.73. The van der Waals surface area contributed by atoms with Crippen LogP contribution in [0.25, 0.3) is 0 Å². The Morgan fingerprint density at radius 1 is 1.19 bits per heavy atom. The predicted octanol–water partition coefficient (Wildman–Crippen LogP) is 0.835. The highest BCUT2D eigenvalue weighted by molar-refractivity contribution is 6.41. The van der Waals surface area contributed by atoms with Crippen LogP contribution in [0, 0.1) is 10.1 Å². The Labute approximate surface area is 88.3 Å². The molecule has 0 aliphatic carbocycles. The van der Waals surface area contributed by atoms with Gasteiger partial charge in [-0.15, -0.1) is 0 Å². The Hall–Kier alpha value is -2.64. The van der Waals surface area contributed by atoms with Crippen LogP contribution in [-0.2, 0) is 9.59 Å². The van der Waals surface area contributed by atoms with Gasteiger partial charge in [0.25, 0.3) is 5.69 Å². The fourth-order valence-corrected chi connectivity index (χ4v) is 1.14. The monoisotopic (exact) mass is 220 g/mol. The molecule has 0 aromatic heterocycles. The Morgan fingerprint density at radius 2 is 1.81 bits per heavy atom. The highest BCUT2D eigenvalue weighted by Gasteiger charge is 2.29. The summed E-state index contributed by atoms with van der Waals surface area (Å²) >= 11 is 0. The molecule has 1 aliphatic heterocycles. The summed E-state index contributed by atoms with van der Waals surface area (Å²) in [7, 11) is 0. The van der Waals surface area contributed by atoms with Gasteiger partial charge in [0, 0.05) is 12.1 Å². The van der Waals surface area contributed by atoms with Crippen molar-refractivity contribution in [3.63, 3.8) is 0 Å². The Kier molecular flexibility index (Phi) is 2.16. The van der Waals surface area contributed by atoms with E-state index in [1.807, 2.05) is 0 Å². The molecule has 0 saturated carbocycles. The van der Waals surface area contributed by atoms with Gasteiger partial charge in [-0.05, 0) is 12.1 Å². The van der Waals surface area contributed by atoms with E-state index in [0.29, 0.717) is 0 Å². The standard InChI is InChI=1S/C8H4N4O4/c13-7-8(14)11(10-9-7)5-1-3-6(4-2-5)12(15)16/h1-4H. The van der Waals surface area contributed by atoms with E-state index < -0.39 is 16.7 Å². The average molecular weight is 220 g/mol. The predicted molar refractivity (Wildman–Crippen MR) is 50.4 cm³/mol. The van der Waals surface area contributed by atoms with Gasteiger partial charge in [-0.2, -0.15) is 5.01 Å². The summed E-state index contributed by atoms with van der Waals surface area (Å²) in [6, 6.07) is 5.04. The van der Waals surface area contributed by atoms with Crippen LogP contribution in [0.15, 0.2) is 34.6 Å². The highest BCUT2D eigenvalue weighted by Crippen LogP contribution is 2.22. The maximum atomic E-state index is 11.2. The summed E-state index contributed by atoms with van der Waals surface area (Å²) < 4.78 is 0. The zero-order valence-corrected chi connectivity index (χ0v) is 7.73. The van der Waals surface area contributed by atoms with Gasteiger partial charge >= 0.3 is 11.8 Å². The van der Waals surface area contributed by atoms with Crippen LogP contribution in [0.4, 0.5) is 11.4 Å². The SMILES string of the molecule is O=C1N=NN(c2ccc([N+](=O)[O-])cc2)C1=O. The summed E-state index contributed by atoms with van der Waals surface area (Å²) in [4.78, 5) is 31.8. The molecule has 0 atom stereocenters. The normalized spacial score (nSPS) is 14.6. The molecule has 2 rings (SSSR count). The molecule has 1 aromatic carbocycles. The van der Waals surface area contributed by atoms with Crippen molar-refractivity contribution in [1.82, 2.24) is 0 Å². The fourth-order valence-electron chi connectivity index (χ4n) is 1.14. The number of benzene rings is 1. The van der Waals surface area contributed by atoms with Crippen molar-refractivity contribution < 1.29 is 14.5 Å². The maximum Gasteiger partial charge on any atom is 0.357 e. The minimum absolute atomic E-state index is 0.112. The number of carbonyl (C=O) groups excluding carboxylic acids is 2. The lowest BCUT2D eigenvalue weighted by Crippen LogP contribution is -2.25. The second-order valence-electron chi connectivity index (χ2n) is 2.89. The van der Waals surface area contributed by atoms with E-state index in [0.717, 1.165) is 5.01 Å². The van der Waals surface area contributed by atoms with E-state index in [4.69, 9.17) is 0 Å². The Morgan fingerprint density at radius 3 is 2.25 bits per heavy atom. The molecule has 1 aliphatic rings. The number of hydrogen-bond donors (Lipinski definition) is 0. The number of rotatable bonds is 2. The zero-order chi connectivity index (χ0) is 11.7. The van der Waals surface area contributed by atoms with Gasteiger partial charge in [-0.25, -0.2) is 0 Å². The van der Waals surface area contributed by atoms with Gasteiger partial charge in [0.2, 0.25) is 0 Å². The summed E-state index contributed by atoms with van der Waals surface area (Å²) in [5.74, 6) is -1.84. The van der Waals surface area contributed by atoms with Gasteiger partial charge < -0.3 is 0 Å². The minimum atomic E-state index is -0.960. The number of anilines is 1. The third kappa shape index (κ3) is 1.52. The molecule has 1 heterocycles. The van der Waals surface area contributed by atoms with Crippen molar-refractivity contribution in [2.75, 3.05) is 5.01 Å². The number of amides is 2. The molecule has 0 N–H and O–H groups in total. The lowest BCUT2D eigenvalue weighted by molar-refractivity contribution is -0.384. The quantitative estimate of drug-likeness (QED) is 0.418. The molecule has 0 radical (unpaired) electrons. The molecular weight excluding hydrogens is 216 g/mol. The van der Waals surface area contributed by atoms with Crippen molar-refractivity contribution in [3.05, 3.63) is 34.4 Å². The van der Waals surface area contributed by atoms with Crippen LogP contribution >= 0.6 is 0 Å². The molecule has 0 spiro atoms. The number of hydrogen-bond acceptors (Lipinski definition) is 5. The first-order valence-corrected chi connectivity index (χ1v) is 4.14. The number of nitro groups is 1. The summed E-state index contributed by atoms with van der Waals surface area (Å²) in [6.07, 6.45) is 0. The first-order valence-electron chi connectivity index (χ1n) is 4.14. The number of non-ortho nitro benzene ring substituents is 1. The lowest BCUT2D eigenvalue weighted by Gasteiger charge is -2.07. The van der Waals surface area contributed by atoms with Crippen molar-refractivity contribution in [3.8, 4) is 0 Å². The van der Waals surface area contributed by atoms with E-state index >= 15 is 0 Å². The molecule has 16 heavy (non-hydrogen) atoms.